The van der Waals surface area contributed by atoms with E-state index < -0.39 is 0 Å². The van der Waals surface area contributed by atoms with Gasteiger partial charge in [-0.1, -0.05) is 12.1 Å². The molecular weight excluding hydrogens is 362 g/mol. The summed E-state index contributed by atoms with van der Waals surface area (Å²) in [5.41, 5.74) is 8.08. The van der Waals surface area contributed by atoms with Gasteiger partial charge in [0.2, 0.25) is 0 Å². The number of nitrogens with zero attached hydrogens (tertiary/aromatic N) is 1. The Balaban J connectivity index is 1.70. The van der Waals surface area contributed by atoms with E-state index in [1.165, 1.54) is 63.2 Å². The van der Waals surface area contributed by atoms with E-state index in [4.69, 9.17) is 9.40 Å². The highest BCUT2D eigenvalue weighted by Crippen LogP contribution is 2.44. The average Bonchev–Trinajstić information content (AvgIpc) is 3.27. The third kappa shape index (κ3) is 2.23. The first-order chi connectivity index (χ1) is 13.7. The molecule has 0 radical (unpaired) electrons. The molecule has 0 saturated carbocycles. The predicted octanol–water partition coefficient (Wildman–Crippen LogP) is 7.36. The van der Waals surface area contributed by atoms with Gasteiger partial charge >= 0.3 is 0 Å². The largest absolute Gasteiger partial charge is 0.455 e. The Hall–Kier alpha value is -2.65. The number of hydrogen-bond acceptors (Lipinski definition) is 3. The molecule has 2 nitrogen and oxygen atoms in total. The zero-order chi connectivity index (χ0) is 18.8. The predicted molar refractivity (Wildman–Crippen MR) is 118 cm³/mol. The minimum atomic E-state index is 0.955. The molecule has 6 rings (SSSR count). The van der Waals surface area contributed by atoms with Crippen molar-refractivity contribution < 1.29 is 4.42 Å². The lowest BCUT2D eigenvalue weighted by atomic mass is 9.95. The molecule has 3 heterocycles. The lowest BCUT2D eigenvalue weighted by molar-refractivity contribution is 0.670. The van der Waals surface area contributed by atoms with Gasteiger partial charge in [-0.3, -0.25) is 4.98 Å². The van der Waals surface area contributed by atoms with Crippen LogP contribution in [0.3, 0.4) is 0 Å². The van der Waals surface area contributed by atoms with Gasteiger partial charge in [-0.25, -0.2) is 0 Å². The van der Waals surface area contributed by atoms with Crippen LogP contribution in [-0.4, -0.2) is 4.98 Å². The molecule has 0 unspecified atom stereocenters. The Morgan fingerprint density at radius 3 is 2.68 bits per heavy atom. The van der Waals surface area contributed by atoms with Crippen molar-refractivity contribution in [1.82, 2.24) is 4.98 Å². The molecule has 1 aliphatic rings. The molecule has 0 amide bonds. The monoisotopic (exact) mass is 383 g/mol. The van der Waals surface area contributed by atoms with Crippen molar-refractivity contribution >= 4 is 43.4 Å². The lowest BCUT2D eigenvalue weighted by Gasteiger charge is -2.10. The Bertz CT molecular complexity index is 1390. The molecule has 3 aromatic heterocycles. The number of para-hydroxylation sites is 1. The number of benzene rings is 2. The molecule has 28 heavy (non-hydrogen) atoms. The summed E-state index contributed by atoms with van der Waals surface area (Å²) in [6.07, 6.45) is 6.95. The third-order valence-electron chi connectivity index (χ3n) is 6.23. The van der Waals surface area contributed by atoms with E-state index >= 15 is 0 Å². The number of fused-ring (bicyclic) bond motifs is 7. The number of aryl methyl sites for hydroxylation is 4. The summed E-state index contributed by atoms with van der Waals surface area (Å²) in [5.74, 6) is 0. The van der Waals surface area contributed by atoms with Crippen molar-refractivity contribution in [2.45, 2.75) is 39.5 Å². The molecule has 5 aromatic rings. The number of hydrogen-bond donors (Lipinski definition) is 0. The van der Waals surface area contributed by atoms with E-state index in [0.29, 0.717) is 0 Å². The molecule has 138 valence electrons. The smallest absolute Gasteiger partial charge is 0.144 e. The molecule has 0 spiro atoms. The lowest BCUT2D eigenvalue weighted by Crippen LogP contribution is -1.97. The first kappa shape index (κ1) is 16.3. The normalized spacial score (nSPS) is 14.2. The molecular formula is C25H21NOS. The van der Waals surface area contributed by atoms with Gasteiger partial charge in [-0.2, -0.15) is 0 Å². The minimum absolute atomic E-state index is 0.955. The summed E-state index contributed by atoms with van der Waals surface area (Å²) in [7, 11) is 0. The summed E-state index contributed by atoms with van der Waals surface area (Å²) in [4.78, 5) is 6.25. The maximum absolute atomic E-state index is 6.61. The van der Waals surface area contributed by atoms with Gasteiger partial charge in [0.25, 0.3) is 0 Å². The number of furan rings is 1. The van der Waals surface area contributed by atoms with Gasteiger partial charge in [0, 0.05) is 37.5 Å². The zero-order valence-corrected chi connectivity index (χ0v) is 17.0. The van der Waals surface area contributed by atoms with E-state index in [9.17, 15) is 0 Å². The van der Waals surface area contributed by atoms with Crippen molar-refractivity contribution in [1.29, 1.82) is 0 Å². The van der Waals surface area contributed by atoms with Crippen LogP contribution in [0.5, 0.6) is 0 Å². The summed E-state index contributed by atoms with van der Waals surface area (Å²) < 4.78 is 7.98. The number of thiophene rings is 1. The fourth-order valence-corrected chi connectivity index (χ4v) is 5.87. The van der Waals surface area contributed by atoms with Gasteiger partial charge < -0.3 is 4.42 Å². The van der Waals surface area contributed by atoms with E-state index in [-0.39, 0.29) is 0 Å². The minimum Gasteiger partial charge on any atom is -0.455 e. The summed E-state index contributed by atoms with van der Waals surface area (Å²) in [6, 6.07) is 13.1. The van der Waals surface area contributed by atoms with E-state index in [2.05, 4.69) is 50.2 Å². The molecule has 1 aliphatic carbocycles. The van der Waals surface area contributed by atoms with E-state index in [1.807, 2.05) is 17.5 Å². The Labute approximate surface area is 167 Å². The third-order valence-corrected chi connectivity index (χ3v) is 7.49. The fraction of sp³-hybridized carbons (Fsp3) is 0.240. The molecule has 0 bridgehead atoms. The summed E-state index contributed by atoms with van der Waals surface area (Å²) in [5, 5.41) is 3.76. The van der Waals surface area contributed by atoms with Crippen molar-refractivity contribution in [2.75, 3.05) is 0 Å². The quantitative estimate of drug-likeness (QED) is 0.302. The standard InChI is InChI=1S/C25H21NOS/c1-14-12-20(26-13-15(14)2)18-8-5-7-16-17-10-11-22-23(25(17)27-24(16)18)19-6-3-4-9-21(19)28-22/h5,7-8,10-13H,3-4,6,9H2,1-2H3. The second-order valence-electron chi connectivity index (χ2n) is 7.96. The highest BCUT2D eigenvalue weighted by atomic mass is 32.1. The van der Waals surface area contributed by atoms with Crippen molar-refractivity contribution in [3.05, 3.63) is 64.2 Å². The Morgan fingerprint density at radius 2 is 1.79 bits per heavy atom. The fourth-order valence-electron chi connectivity index (χ4n) is 4.58. The van der Waals surface area contributed by atoms with Crippen LogP contribution in [-0.2, 0) is 12.8 Å². The molecule has 3 heteroatoms. The summed E-state index contributed by atoms with van der Waals surface area (Å²) >= 11 is 1.96. The molecule has 0 fully saturated rings. The second-order valence-corrected chi connectivity index (χ2v) is 9.10. The average molecular weight is 384 g/mol. The van der Waals surface area contributed by atoms with Crippen LogP contribution < -0.4 is 0 Å². The second kappa shape index (κ2) is 5.92. The maximum atomic E-state index is 6.61. The SMILES string of the molecule is Cc1cnc(-c2cccc3c2oc2c3ccc3sc4c(c32)CCCC4)cc1C. The van der Waals surface area contributed by atoms with Gasteiger partial charge in [0.05, 0.1) is 5.69 Å². The highest BCUT2D eigenvalue weighted by molar-refractivity contribution is 7.19. The van der Waals surface area contributed by atoms with Gasteiger partial charge in [-0.05, 0) is 80.5 Å². The van der Waals surface area contributed by atoms with Crippen molar-refractivity contribution in [2.24, 2.45) is 0 Å². The van der Waals surface area contributed by atoms with Crippen LogP contribution in [0.25, 0.3) is 43.3 Å². The van der Waals surface area contributed by atoms with Crippen LogP contribution in [0.15, 0.2) is 47.0 Å². The number of rotatable bonds is 1. The highest BCUT2D eigenvalue weighted by Gasteiger charge is 2.21. The van der Waals surface area contributed by atoms with E-state index in [0.717, 1.165) is 22.4 Å². The van der Waals surface area contributed by atoms with Gasteiger partial charge in [0.1, 0.15) is 11.2 Å². The van der Waals surface area contributed by atoms with Gasteiger partial charge in [-0.15, -0.1) is 11.3 Å². The molecule has 0 saturated heterocycles. The number of aromatic nitrogens is 1. The van der Waals surface area contributed by atoms with Crippen LogP contribution >= 0.6 is 11.3 Å². The van der Waals surface area contributed by atoms with Crippen LogP contribution in [0.4, 0.5) is 0 Å². The molecule has 2 aromatic carbocycles. The topological polar surface area (TPSA) is 26.0 Å². The maximum Gasteiger partial charge on any atom is 0.144 e. The first-order valence-electron chi connectivity index (χ1n) is 10.0. The van der Waals surface area contributed by atoms with Crippen molar-refractivity contribution in [3.8, 4) is 11.3 Å². The van der Waals surface area contributed by atoms with Crippen molar-refractivity contribution in [3.63, 3.8) is 0 Å². The van der Waals surface area contributed by atoms with Gasteiger partial charge in [0.15, 0.2) is 0 Å². The molecule has 0 N–H and O–H groups in total. The Kier molecular flexibility index (Phi) is 3.45. The van der Waals surface area contributed by atoms with Crippen LogP contribution in [0, 0.1) is 13.8 Å². The molecule has 0 atom stereocenters. The zero-order valence-electron chi connectivity index (χ0n) is 16.1. The Morgan fingerprint density at radius 1 is 0.929 bits per heavy atom. The number of pyridine rings is 1. The molecule has 0 aliphatic heterocycles. The van der Waals surface area contributed by atoms with Crippen LogP contribution in [0.1, 0.15) is 34.4 Å². The van der Waals surface area contributed by atoms with Crippen LogP contribution in [0.2, 0.25) is 0 Å². The summed E-state index contributed by atoms with van der Waals surface area (Å²) in [6.45, 7) is 4.24. The van der Waals surface area contributed by atoms with E-state index in [1.54, 1.807) is 4.88 Å². The first-order valence-corrected chi connectivity index (χ1v) is 10.8.